The van der Waals surface area contributed by atoms with Crippen molar-refractivity contribution in [3.8, 4) is 11.8 Å². The van der Waals surface area contributed by atoms with Crippen LogP contribution in [0.25, 0.3) is 0 Å². The Morgan fingerprint density at radius 2 is 2.31 bits per heavy atom. The zero-order valence-corrected chi connectivity index (χ0v) is 7.73. The third-order valence-corrected chi connectivity index (χ3v) is 1.92. The number of methoxy groups -OCH3 is 1. The van der Waals surface area contributed by atoms with Crippen LogP contribution in [-0.2, 0) is 6.42 Å². The maximum absolute atomic E-state index is 13.0. The van der Waals surface area contributed by atoms with E-state index in [9.17, 15) is 4.39 Å². The molecule has 4 heteroatoms. The van der Waals surface area contributed by atoms with Gasteiger partial charge in [0.05, 0.1) is 19.6 Å². The molecule has 0 spiro atoms. The molecule has 0 aliphatic carbocycles. The van der Waals surface area contributed by atoms with Gasteiger partial charge in [-0.05, 0) is 17.7 Å². The summed E-state index contributed by atoms with van der Waals surface area (Å²) in [7, 11) is 1.40. The third kappa shape index (κ3) is 2.10. The smallest absolute Gasteiger partial charge is 0.145 e. The van der Waals surface area contributed by atoms with Gasteiger partial charge in [-0.25, -0.2) is 4.39 Å². The molecular weight excluding hydrogens is 193 g/mol. The molecule has 0 unspecified atom stereocenters. The zero-order chi connectivity index (χ0) is 9.84. The van der Waals surface area contributed by atoms with Gasteiger partial charge in [-0.15, -0.1) is 0 Å². The Morgan fingerprint density at radius 3 is 2.85 bits per heavy atom. The van der Waals surface area contributed by atoms with Crippen LogP contribution in [-0.4, -0.2) is 7.11 Å². The number of ether oxygens (including phenoxy) is 1. The lowest BCUT2D eigenvalue weighted by atomic mass is 10.1. The summed E-state index contributed by atoms with van der Waals surface area (Å²) in [6.45, 7) is 0. The summed E-state index contributed by atoms with van der Waals surface area (Å²) in [6, 6.07) is 4.70. The van der Waals surface area contributed by atoms with Crippen molar-refractivity contribution in [2.45, 2.75) is 6.42 Å². The number of benzene rings is 1. The minimum Gasteiger partial charge on any atom is -0.495 e. The second kappa shape index (κ2) is 4.11. The molecule has 0 atom stereocenters. The lowest BCUT2D eigenvalue weighted by Gasteiger charge is -2.05. The Labute approximate surface area is 80.5 Å². The molecule has 0 saturated heterocycles. The highest BCUT2D eigenvalue weighted by atomic mass is 35.5. The molecular formula is C9H7ClFNO. The number of hydrogen-bond acceptors (Lipinski definition) is 2. The standard InChI is InChI=1S/C9H7ClFNO/c1-13-8-5-6(2-3-12)4-7(11)9(8)10/h4-5H,2H2,1H3. The molecule has 0 saturated carbocycles. The highest BCUT2D eigenvalue weighted by Crippen LogP contribution is 2.28. The summed E-state index contributed by atoms with van der Waals surface area (Å²) in [4.78, 5) is 0. The van der Waals surface area contributed by atoms with Crippen LogP contribution in [0.5, 0.6) is 5.75 Å². The second-order valence-electron chi connectivity index (χ2n) is 2.43. The van der Waals surface area contributed by atoms with Crippen molar-refractivity contribution in [2.75, 3.05) is 7.11 Å². The van der Waals surface area contributed by atoms with Gasteiger partial charge in [0.25, 0.3) is 0 Å². The SMILES string of the molecule is COc1cc(CC#N)cc(F)c1Cl. The Kier molecular flexibility index (Phi) is 3.10. The van der Waals surface area contributed by atoms with Crippen LogP contribution in [0.2, 0.25) is 5.02 Å². The molecule has 1 aromatic carbocycles. The molecule has 1 rings (SSSR count). The van der Waals surface area contributed by atoms with E-state index in [1.165, 1.54) is 13.2 Å². The molecule has 0 aromatic heterocycles. The first-order chi connectivity index (χ1) is 6.19. The molecule has 0 fully saturated rings. The minimum atomic E-state index is -0.564. The van der Waals surface area contributed by atoms with Gasteiger partial charge in [0, 0.05) is 0 Å². The lowest BCUT2D eigenvalue weighted by Crippen LogP contribution is -1.91. The van der Waals surface area contributed by atoms with E-state index in [2.05, 4.69) is 0 Å². The summed E-state index contributed by atoms with van der Waals surface area (Å²) in [5.41, 5.74) is 0.557. The first-order valence-electron chi connectivity index (χ1n) is 3.58. The Hall–Kier alpha value is -1.27. The molecule has 2 nitrogen and oxygen atoms in total. The predicted molar refractivity (Wildman–Crippen MR) is 47.3 cm³/mol. The maximum Gasteiger partial charge on any atom is 0.145 e. The van der Waals surface area contributed by atoms with Gasteiger partial charge in [0.2, 0.25) is 0 Å². The average molecular weight is 200 g/mol. The number of nitriles is 1. The molecule has 1 aromatic rings. The van der Waals surface area contributed by atoms with E-state index < -0.39 is 5.82 Å². The first kappa shape index (κ1) is 9.82. The van der Waals surface area contributed by atoms with E-state index in [1.54, 1.807) is 6.07 Å². The van der Waals surface area contributed by atoms with E-state index in [0.29, 0.717) is 5.56 Å². The predicted octanol–water partition coefficient (Wildman–Crippen LogP) is 2.55. The van der Waals surface area contributed by atoms with Crippen LogP contribution in [0.4, 0.5) is 4.39 Å². The largest absolute Gasteiger partial charge is 0.495 e. The molecule has 13 heavy (non-hydrogen) atoms. The van der Waals surface area contributed by atoms with Crippen LogP contribution in [0.1, 0.15) is 5.56 Å². The summed E-state index contributed by atoms with van der Waals surface area (Å²) in [6.07, 6.45) is 0.143. The van der Waals surface area contributed by atoms with Gasteiger partial charge >= 0.3 is 0 Å². The fraction of sp³-hybridized carbons (Fsp3) is 0.222. The van der Waals surface area contributed by atoms with Crippen molar-refractivity contribution in [3.63, 3.8) is 0 Å². The number of nitrogens with zero attached hydrogens (tertiary/aromatic N) is 1. The number of hydrogen-bond donors (Lipinski definition) is 0. The van der Waals surface area contributed by atoms with Crippen molar-refractivity contribution < 1.29 is 9.13 Å². The number of rotatable bonds is 2. The van der Waals surface area contributed by atoms with Crippen LogP contribution in [0.15, 0.2) is 12.1 Å². The van der Waals surface area contributed by atoms with Crippen molar-refractivity contribution in [2.24, 2.45) is 0 Å². The fourth-order valence-corrected chi connectivity index (χ4v) is 1.15. The molecule has 0 heterocycles. The summed E-state index contributed by atoms with van der Waals surface area (Å²) < 4.78 is 17.9. The van der Waals surface area contributed by atoms with Gasteiger partial charge in [0.1, 0.15) is 16.6 Å². The summed E-state index contributed by atoms with van der Waals surface area (Å²) in [5, 5.41) is 8.35. The van der Waals surface area contributed by atoms with E-state index in [1.807, 2.05) is 6.07 Å². The van der Waals surface area contributed by atoms with Crippen LogP contribution in [0.3, 0.4) is 0 Å². The fourth-order valence-electron chi connectivity index (χ4n) is 0.959. The van der Waals surface area contributed by atoms with E-state index in [0.717, 1.165) is 0 Å². The molecule has 0 radical (unpaired) electrons. The molecule has 68 valence electrons. The molecule has 0 N–H and O–H groups in total. The van der Waals surface area contributed by atoms with Crippen LogP contribution < -0.4 is 4.74 Å². The molecule has 0 amide bonds. The van der Waals surface area contributed by atoms with Crippen molar-refractivity contribution >= 4 is 11.6 Å². The van der Waals surface area contributed by atoms with E-state index >= 15 is 0 Å². The van der Waals surface area contributed by atoms with Crippen molar-refractivity contribution in [1.29, 1.82) is 5.26 Å². The second-order valence-corrected chi connectivity index (χ2v) is 2.81. The minimum absolute atomic E-state index is 0.0517. The molecule has 0 aliphatic heterocycles. The van der Waals surface area contributed by atoms with E-state index in [4.69, 9.17) is 21.6 Å². The maximum atomic E-state index is 13.0. The van der Waals surface area contributed by atoms with Crippen molar-refractivity contribution in [1.82, 2.24) is 0 Å². The topological polar surface area (TPSA) is 33.0 Å². The summed E-state index contributed by atoms with van der Waals surface area (Å²) >= 11 is 5.58. The summed E-state index contributed by atoms with van der Waals surface area (Å²) in [5.74, 6) is -0.307. The highest BCUT2D eigenvalue weighted by molar-refractivity contribution is 6.32. The van der Waals surface area contributed by atoms with Crippen molar-refractivity contribution in [3.05, 3.63) is 28.5 Å². The van der Waals surface area contributed by atoms with Gasteiger partial charge in [0.15, 0.2) is 0 Å². The van der Waals surface area contributed by atoms with Gasteiger partial charge in [-0.1, -0.05) is 11.6 Å². The molecule has 0 bridgehead atoms. The average Bonchev–Trinajstić information content (AvgIpc) is 2.11. The van der Waals surface area contributed by atoms with Gasteiger partial charge in [-0.2, -0.15) is 5.26 Å². The third-order valence-electron chi connectivity index (χ3n) is 1.56. The highest BCUT2D eigenvalue weighted by Gasteiger charge is 2.08. The van der Waals surface area contributed by atoms with Crippen LogP contribution >= 0.6 is 11.6 Å². The molecule has 0 aliphatic rings. The van der Waals surface area contributed by atoms with E-state index in [-0.39, 0.29) is 17.2 Å². The van der Waals surface area contributed by atoms with Gasteiger partial charge in [-0.3, -0.25) is 0 Å². The van der Waals surface area contributed by atoms with Crippen LogP contribution in [0, 0.1) is 17.1 Å². The Balaban J connectivity index is 3.16. The normalized spacial score (nSPS) is 9.38. The first-order valence-corrected chi connectivity index (χ1v) is 3.95. The zero-order valence-electron chi connectivity index (χ0n) is 6.97. The quantitative estimate of drug-likeness (QED) is 0.734. The Bertz CT molecular complexity index is 359. The number of halogens is 2. The monoisotopic (exact) mass is 199 g/mol. The lowest BCUT2D eigenvalue weighted by molar-refractivity contribution is 0.411. The van der Waals surface area contributed by atoms with Gasteiger partial charge < -0.3 is 4.74 Å². The Morgan fingerprint density at radius 1 is 1.62 bits per heavy atom.